The van der Waals surface area contributed by atoms with Crippen LogP contribution < -0.4 is 15.4 Å². The summed E-state index contributed by atoms with van der Waals surface area (Å²) in [5.41, 5.74) is 5.40. The molecule has 7 rings (SSSR count). The van der Waals surface area contributed by atoms with Crippen molar-refractivity contribution in [3.63, 3.8) is 0 Å². The molecule has 2 amide bonds. The lowest BCUT2D eigenvalue weighted by Crippen LogP contribution is -2.57. The Balaban J connectivity index is 1.27. The lowest BCUT2D eigenvalue weighted by atomic mass is 9.56. The minimum Gasteiger partial charge on any atom is -0.493 e. The summed E-state index contributed by atoms with van der Waals surface area (Å²) in [7, 11) is 3.83. The third-order valence-corrected chi connectivity index (χ3v) is 12.7. The SMILES string of the molecule is C=C1[C@H]2C[C@H](NC(=O)[C@@H]3[C@H]([C@H](C)O)[C@H](CO)ON3Cc3cccc(C(/C=C/C(=O)N[C@@H](Cc4ccccc4)CN4CCCC4)=C/C(=C)N(C)C)c3OCC)[C@@H](C)[C@@H]1C2. The average molecular weight is 796 g/mol. The van der Waals surface area contributed by atoms with Crippen LogP contribution in [0.25, 0.3) is 5.57 Å². The van der Waals surface area contributed by atoms with Gasteiger partial charge < -0.3 is 35.4 Å². The molecule has 9 atom stereocenters. The van der Waals surface area contributed by atoms with Crippen LogP contribution in [-0.2, 0) is 27.4 Å². The molecule has 2 bridgehead atoms. The summed E-state index contributed by atoms with van der Waals surface area (Å²) >= 11 is 0. The van der Waals surface area contributed by atoms with E-state index < -0.39 is 24.2 Å². The van der Waals surface area contributed by atoms with Gasteiger partial charge in [0.15, 0.2) is 0 Å². The monoisotopic (exact) mass is 795 g/mol. The minimum absolute atomic E-state index is 0.0101. The summed E-state index contributed by atoms with van der Waals surface area (Å²) in [5.74, 6) is 0.582. The molecule has 0 radical (unpaired) electrons. The van der Waals surface area contributed by atoms with Crippen LogP contribution in [0.5, 0.6) is 5.75 Å². The van der Waals surface area contributed by atoms with E-state index in [-0.39, 0.29) is 43.0 Å². The molecule has 2 heterocycles. The Kier molecular flexibility index (Phi) is 14.7. The van der Waals surface area contributed by atoms with Gasteiger partial charge in [-0.2, -0.15) is 5.06 Å². The number of hydroxylamine groups is 2. The van der Waals surface area contributed by atoms with Gasteiger partial charge in [0.1, 0.15) is 17.9 Å². The highest BCUT2D eigenvalue weighted by Gasteiger charge is 2.52. The number of ether oxygens (including phenoxy) is 1. The summed E-state index contributed by atoms with van der Waals surface area (Å²) in [4.78, 5) is 38.6. The molecule has 58 heavy (non-hydrogen) atoms. The van der Waals surface area contributed by atoms with E-state index in [0.717, 1.165) is 61.3 Å². The molecule has 2 aliphatic heterocycles. The number of para-hydroxylation sites is 1. The summed E-state index contributed by atoms with van der Waals surface area (Å²) in [6.07, 6.45) is 8.67. The molecule has 314 valence electrons. The van der Waals surface area contributed by atoms with E-state index in [0.29, 0.717) is 24.2 Å². The molecular formula is C47H65N5O6. The maximum absolute atomic E-state index is 14.3. The number of nitrogens with zero attached hydrogens (tertiary/aromatic N) is 3. The molecule has 2 aromatic rings. The van der Waals surface area contributed by atoms with Crippen LogP contribution in [0.1, 0.15) is 63.1 Å². The highest BCUT2D eigenvalue weighted by atomic mass is 16.7. The predicted octanol–water partition coefficient (Wildman–Crippen LogP) is 5.11. The zero-order valence-corrected chi connectivity index (χ0v) is 35.1. The standard InChI is InChI=1S/C47H65N5O6/c1-8-57-46-36(27-52-45(44(33(5)54)42(29-53)58-52)47(56)49-41-26-37-25-40(31(37)3)32(41)4)17-14-18-39(46)35(23-30(2)50(6)7)19-20-43(55)48-38(28-51-21-12-13-22-51)24-34-15-10-9-11-16-34/h9-11,14-20,23,32-33,37-38,40-42,44-45,53-54H,2-3,8,12-13,21-22,24-29H2,1,4-7H3,(H,48,55)(H,49,56)/b20-19+,35-23+/t32-,33-,37+,38-,40+,41-,42-,44+,45-/m0/s1. The van der Waals surface area contributed by atoms with Gasteiger partial charge in [0.25, 0.3) is 0 Å². The van der Waals surface area contributed by atoms with E-state index in [1.807, 2.05) is 68.4 Å². The summed E-state index contributed by atoms with van der Waals surface area (Å²) in [6, 6.07) is 15.1. The van der Waals surface area contributed by atoms with Crippen LogP contribution in [0.4, 0.5) is 0 Å². The van der Waals surface area contributed by atoms with Gasteiger partial charge in [0.05, 0.1) is 25.9 Å². The maximum atomic E-state index is 14.3. The largest absolute Gasteiger partial charge is 0.493 e. The summed E-state index contributed by atoms with van der Waals surface area (Å²) in [6.45, 7) is 17.3. The van der Waals surface area contributed by atoms with Gasteiger partial charge >= 0.3 is 0 Å². The van der Waals surface area contributed by atoms with Crippen LogP contribution in [0.15, 0.2) is 91.2 Å². The summed E-state index contributed by atoms with van der Waals surface area (Å²) < 4.78 is 6.39. The number of amides is 2. The second-order valence-corrected chi connectivity index (χ2v) is 16.9. The number of carbonyl (C=O) groups is 2. The van der Waals surface area contributed by atoms with Crippen molar-refractivity contribution in [2.75, 3.05) is 46.9 Å². The molecule has 0 aromatic heterocycles. The number of aliphatic hydroxyl groups is 2. The van der Waals surface area contributed by atoms with Crippen LogP contribution in [-0.4, -0.2) is 114 Å². The minimum atomic E-state index is -0.918. The predicted molar refractivity (Wildman–Crippen MR) is 228 cm³/mol. The molecule has 3 aliphatic carbocycles. The van der Waals surface area contributed by atoms with Gasteiger partial charge in [-0.05, 0) is 100 Å². The van der Waals surface area contributed by atoms with Crippen LogP contribution in [0.3, 0.4) is 0 Å². The van der Waals surface area contributed by atoms with Crippen molar-refractivity contribution in [2.45, 2.75) is 89.8 Å². The number of rotatable bonds is 18. The van der Waals surface area contributed by atoms with Gasteiger partial charge in [0, 0.05) is 61.5 Å². The fourth-order valence-corrected chi connectivity index (χ4v) is 9.38. The second-order valence-electron chi connectivity index (χ2n) is 16.9. The van der Waals surface area contributed by atoms with E-state index in [1.54, 1.807) is 24.1 Å². The number of likely N-dealkylation sites (tertiary alicyclic amines) is 1. The summed E-state index contributed by atoms with van der Waals surface area (Å²) in [5, 5.41) is 29.6. The van der Waals surface area contributed by atoms with Gasteiger partial charge in [0.2, 0.25) is 11.8 Å². The quantitative estimate of drug-likeness (QED) is 0.0926. The Hall–Kier alpha value is -4.26. The van der Waals surface area contributed by atoms with Gasteiger partial charge in [-0.15, -0.1) is 0 Å². The molecular weight excluding hydrogens is 731 g/mol. The average Bonchev–Trinajstić information content (AvgIpc) is 3.85. The van der Waals surface area contributed by atoms with Gasteiger partial charge in [-0.25, -0.2) is 0 Å². The highest BCUT2D eigenvalue weighted by Crippen LogP contribution is 2.52. The normalized spacial score (nSPS) is 27.3. The number of allylic oxidation sites excluding steroid dienone is 4. The van der Waals surface area contributed by atoms with Gasteiger partial charge in [-0.3, -0.25) is 14.4 Å². The van der Waals surface area contributed by atoms with Crippen LogP contribution in [0.2, 0.25) is 0 Å². The number of hydrogen-bond donors (Lipinski definition) is 4. The number of fused-ring (bicyclic) bond motifs is 2. The first-order valence-corrected chi connectivity index (χ1v) is 21.2. The first kappa shape index (κ1) is 43.3. The van der Waals surface area contributed by atoms with Crippen molar-refractivity contribution in [3.8, 4) is 5.75 Å². The number of likely N-dealkylation sites (N-methyl/N-ethyl adjacent to an activating group) is 1. The van der Waals surface area contributed by atoms with E-state index >= 15 is 0 Å². The maximum Gasteiger partial charge on any atom is 0.244 e. The molecule has 2 saturated heterocycles. The van der Waals surface area contributed by atoms with Crippen molar-refractivity contribution in [3.05, 3.63) is 108 Å². The molecule has 11 nitrogen and oxygen atoms in total. The van der Waals surface area contributed by atoms with Crippen molar-refractivity contribution >= 4 is 17.4 Å². The zero-order valence-electron chi connectivity index (χ0n) is 35.1. The Morgan fingerprint density at radius 1 is 1.09 bits per heavy atom. The Morgan fingerprint density at radius 2 is 1.83 bits per heavy atom. The third kappa shape index (κ3) is 10.1. The number of aliphatic hydroxyl groups excluding tert-OH is 2. The smallest absolute Gasteiger partial charge is 0.244 e. The number of hydrogen-bond acceptors (Lipinski definition) is 9. The fraction of sp³-hybridized carbons (Fsp3) is 0.532. The molecule has 2 aromatic carbocycles. The Labute approximate surface area is 345 Å². The molecule has 0 spiro atoms. The Morgan fingerprint density at radius 3 is 2.47 bits per heavy atom. The molecule has 11 heteroatoms. The van der Waals surface area contributed by atoms with E-state index in [9.17, 15) is 19.8 Å². The van der Waals surface area contributed by atoms with Crippen molar-refractivity contribution in [1.29, 1.82) is 0 Å². The lowest BCUT2D eigenvalue weighted by Gasteiger charge is -2.52. The fourth-order valence-electron chi connectivity index (χ4n) is 9.38. The van der Waals surface area contributed by atoms with E-state index in [2.05, 4.69) is 47.7 Å². The van der Waals surface area contributed by atoms with Crippen LogP contribution >= 0.6 is 0 Å². The van der Waals surface area contributed by atoms with Gasteiger partial charge in [-0.1, -0.05) is 74.2 Å². The van der Waals surface area contributed by atoms with E-state index in [4.69, 9.17) is 9.57 Å². The Bertz CT molecular complexity index is 1820. The molecule has 5 aliphatic rings. The van der Waals surface area contributed by atoms with E-state index in [1.165, 1.54) is 24.0 Å². The number of benzene rings is 2. The second kappa shape index (κ2) is 19.7. The lowest BCUT2D eigenvalue weighted by molar-refractivity contribution is -0.182. The molecule has 4 N–H and O–H groups in total. The number of nitrogens with one attached hydrogen (secondary N) is 2. The number of carbonyl (C=O) groups excluding carboxylic acids is 2. The van der Waals surface area contributed by atoms with Crippen molar-refractivity contribution in [2.24, 2.45) is 23.7 Å². The molecule has 5 fully saturated rings. The highest BCUT2D eigenvalue weighted by molar-refractivity contribution is 5.92. The molecule has 3 saturated carbocycles. The van der Waals surface area contributed by atoms with Crippen molar-refractivity contribution < 1.29 is 29.4 Å². The van der Waals surface area contributed by atoms with Crippen molar-refractivity contribution in [1.82, 2.24) is 25.5 Å². The first-order valence-electron chi connectivity index (χ1n) is 21.2. The van der Waals surface area contributed by atoms with Crippen LogP contribution in [0, 0.1) is 23.7 Å². The first-order chi connectivity index (χ1) is 27.9. The zero-order chi connectivity index (χ0) is 41.5. The molecule has 0 unspecified atom stereocenters. The topological polar surface area (TPSA) is 127 Å². The third-order valence-electron chi connectivity index (χ3n) is 12.7.